The van der Waals surface area contributed by atoms with Crippen molar-refractivity contribution in [2.24, 2.45) is 0 Å². The van der Waals surface area contributed by atoms with Crippen molar-refractivity contribution in [3.63, 3.8) is 0 Å². The van der Waals surface area contributed by atoms with Crippen molar-refractivity contribution in [3.05, 3.63) is 69.8 Å². The van der Waals surface area contributed by atoms with E-state index in [0.29, 0.717) is 5.56 Å². The second-order valence-electron chi connectivity index (χ2n) is 5.86. The van der Waals surface area contributed by atoms with Crippen molar-refractivity contribution in [1.82, 2.24) is 0 Å². The van der Waals surface area contributed by atoms with E-state index in [1.807, 2.05) is 44.2 Å². The largest absolute Gasteiger partial charge is 0.469 e. The Morgan fingerprint density at radius 3 is 2.54 bits per heavy atom. The number of rotatable bonds is 5. The summed E-state index contributed by atoms with van der Waals surface area (Å²) < 4.78 is 4.85. The van der Waals surface area contributed by atoms with Crippen LogP contribution in [0.15, 0.2) is 36.4 Å². The van der Waals surface area contributed by atoms with Crippen molar-refractivity contribution in [1.29, 1.82) is 5.26 Å². The zero-order valence-electron chi connectivity index (χ0n) is 14.2. The third-order valence-corrected chi connectivity index (χ3v) is 4.32. The third kappa shape index (κ3) is 3.81. The molecule has 0 saturated heterocycles. The molecule has 0 aliphatic heterocycles. The lowest BCUT2D eigenvalue weighted by Crippen LogP contribution is -2.12. The average molecular weight is 323 g/mol. The molecule has 2 aromatic rings. The van der Waals surface area contributed by atoms with Gasteiger partial charge >= 0.3 is 5.97 Å². The lowest BCUT2D eigenvalue weighted by atomic mass is 9.84. The predicted octanol–water partition coefficient (Wildman–Crippen LogP) is 3.36. The van der Waals surface area contributed by atoms with Crippen molar-refractivity contribution < 1.29 is 14.6 Å². The zero-order chi connectivity index (χ0) is 17.7. The summed E-state index contributed by atoms with van der Waals surface area (Å²) in [6.45, 7) is 3.83. The van der Waals surface area contributed by atoms with Crippen LogP contribution in [0.5, 0.6) is 0 Å². The van der Waals surface area contributed by atoms with E-state index in [4.69, 9.17) is 10.00 Å². The number of nitrogens with zero attached hydrogens (tertiary/aromatic N) is 1. The molecule has 0 radical (unpaired) electrons. The van der Waals surface area contributed by atoms with Crippen molar-refractivity contribution in [2.75, 3.05) is 7.11 Å². The topological polar surface area (TPSA) is 70.3 Å². The zero-order valence-corrected chi connectivity index (χ0v) is 14.2. The Kier molecular flexibility index (Phi) is 5.73. The number of aliphatic hydroxyl groups excluding tert-OH is 1. The fraction of sp³-hybridized carbons (Fsp3) is 0.300. The summed E-state index contributed by atoms with van der Waals surface area (Å²) in [6, 6.07) is 13.4. The quantitative estimate of drug-likeness (QED) is 0.857. The first kappa shape index (κ1) is 17.7. The monoisotopic (exact) mass is 323 g/mol. The number of carbonyl (C=O) groups is 1. The van der Waals surface area contributed by atoms with Gasteiger partial charge < -0.3 is 9.84 Å². The Morgan fingerprint density at radius 1 is 1.21 bits per heavy atom. The molecule has 0 aromatic heterocycles. The molecule has 1 atom stereocenters. The first-order valence-electron chi connectivity index (χ1n) is 7.78. The Morgan fingerprint density at radius 2 is 1.96 bits per heavy atom. The van der Waals surface area contributed by atoms with E-state index >= 15 is 0 Å². The van der Waals surface area contributed by atoms with Crippen molar-refractivity contribution in [2.45, 2.75) is 32.8 Å². The molecule has 4 nitrogen and oxygen atoms in total. The standard InChI is InChI=1S/C20H21NO3/c1-13-4-6-16(9-17(13)12-22)19(10-20(23)24-3)18-7-5-15(11-21)8-14(18)2/h4-9,19,22H,10,12H2,1-3H3. The first-order chi connectivity index (χ1) is 11.5. The fourth-order valence-electron chi connectivity index (χ4n) is 2.87. The summed E-state index contributed by atoms with van der Waals surface area (Å²) in [5.41, 5.74) is 5.32. The van der Waals surface area contributed by atoms with Gasteiger partial charge in [0.2, 0.25) is 0 Å². The minimum atomic E-state index is -0.296. The van der Waals surface area contributed by atoms with Gasteiger partial charge in [-0.3, -0.25) is 4.79 Å². The summed E-state index contributed by atoms with van der Waals surface area (Å²) in [4.78, 5) is 11.9. The minimum absolute atomic E-state index is 0.0447. The molecule has 1 unspecified atom stereocenters. The Bertz CT molecular complexity index is 790. The second kappa shape index (κ2) is 7.76. The molecule has 0 spiro atoms. The van der Waals surface area contributed by atoms with Crippen LogP contribution in [-0.2, 0) is 16.1 Å². The van der Waals surface area contributed by atoms with Gasteiger partial charge in [-0.25, -0.2) is 0 Å². The highest BCUT2D eigenvalue weighted by Crippen LogP contribution is 2.32. The van der Waals surface area contributed by atoms with Crippen molar-refractivity contribution >= 4 is 5.97 Å². The maximum absolute atomic E-state index is 11.9. The van der Waals surface area contributed by atoms with Crippen LogP contribution in [0.1, 0.15) is 45.7 Å². The molecule has 0 heterocycles. The summed E-state index contributed by atoms with van der Waals surface area (Å²) in [6.07, 6.45) is 0.206. The Labute approximate surface area is 142 Å². The van der Waals surface area contributed by atoms with Gasteiger partial charge in [0.25, 0.3) is 0 Å². The molecule has 4 heteroatoms. The molecule has 2 aromatic carbocycles. The van der Waals surface area contributed by atoms with E-state index < -0.39 is 0 Å². The van der Waals surface area contributed by atoms with Crippen LogP contribution < -0.4 is 0 Å². The molecule has 24 heavy (non-hydrogen) atoms. The second-order valence-corrected chi connectivity index (χ2v) is 5.86. The molecule has 124 valence electrons. The van der Waals surface area contributed by atoms with Gasteiger partial charge in [0.05, 0.1) is 31.8 Å². The molecule has 0 aliphatic carbocycles. The molecule has 1 N–H and O–H groups in total. The predicted molar refractivity (Wildman–Crippen MR) is 91.5 cm³/mol. The number of aryl methyl sites for hydroxylation is 2. The van der Waals surface area contributed by atoms with Crippen LogP contribution in [0.4, 0.5) is 0 Å². The summed E-state index contributed by atoms with van der Waals surface area (Å²) in [5.74, 6) is -0.481. The maximum Gasteiger partial charge on any atom is 0.306 e. The normalized spacial score (nSPS) is 11.6. The number of methoxy groups -OCH3 is 1. The van der Waals surface area contributed by atoms with Crippen LogP contribution in [0.2, 0.25) is 0 Å². The van der Waals surface area contributed by atoms with E-state index in [1.165, 1.54) is 7.11 Å². The molecule has 0 bridgehead atoms. The van der Waals surface area contributed by atoms with Crippen LogP contribution in [0, 0.1) is 25.2 Å². The smallest absolute Gasteiger partial charge is 0.306 e. The number of benzene rings is 2. The van der Waals surface area contributed by atoms with Crippen LogP contribution in [-0.4, -0.2) is 18.2 Å². The number of hydrogen-bond acceptors (Lipinski definition) is 4. The van der Waals surface area contributed by atoms with Gasteiger partial charge in [-0.05, 0) is 53.8 Å². The van der Waals surface area contributed by atoms with Gasteiger partial charge in [0.15, 0.2) is 0 Å². The lowest BCUT2D eigenvalue weighted by Gasteiger charge is -2.20. The van der Waals surface area contributed by atoms with Crippen molar-refractivity contribution in [3.8, 4) is 6.07 Å². The highest BCUT2D eigenvalue weighted by molar-refractivity contribution is 5.71. The van der Waals surface area contributed by atoms with Gasteiger partial charge in [-0.2, -0.15) is 5.26 Å². The summed E-state index contributed by atoms with van der Waals surface area (Å²) in [7, 11) is 1.37. The van der Waals surface area contributed by atoms with E-state index in [2.05, 4.69) is 6.07 Å². The number of ether oxygens (including phenoxy) is 1. The molecule has 0 saturated carbocycles. The van der Waals surface area contributed by atoms with Crippen LogP contribution >= 0.6 is 0 Å². The van der Waals surface area contributed by atoms with Gasteiger partial charge in [-0.1, -0.05) is 24.3 Å². The fourth-order valence-corrected chi connectivity index (χ4v) is 2.87. The number of aliphatic hydroxyl groups is 1. The van der Waals surface area contributed by atoms with E-state index in [-0.39, 0.29) is 24.9 Å². The molecule has 0 aliphatic rings. The highest BCUT2D eigenvalue weighted by atomic mass is 16.5. The lowest BCUT2D eigenvalue weighted by molar-refractivity contribution is -0.140. The molecule has 0 amide bonds. The highest BCUT2D eigenvalue weighted by Gasteiger charge is 2.21. The van der Waals surface area contributed by atoms with Gasteiger partial charge in [0.1, 0.15) is 0 Å². The number of esters is 1. The van der Waals surface area contributed by atoms with Gasteiger partial charge in [0, 0.05) is 5.92 Å². The Hall–Kier alpha value is -2.64. The van der Waals surface area contributed by atoms with Crippen LogP contribution in [0.3, 0.4) is 0 Å². The first-order valence-corrected chi connectivity index (χ1v) is 7.78. The number of carbonyl (C=O) groups excluding carboxylic acids is 1. The summed E-state index contributed by atoms with van der Waals surface area (Å²) >= 11 is 0. The maximum atomic E-state index is 11.9. The van der Waals surface area contributed by atoms with E-state index in [1.54, 1.807) is 6.07 Å². The minimum Gasteiger partial charge on any atom is -0.469 e. The summed E-state index contributed by atoms with van der Waals surface area (Å²) in [5, 5.41) is 18.6. The molecule has 2 rings (SSSR count). The molecular formula is C20H21NO3. The Balaban J connectivity index is 2.53. The third-order valence-electron chi connectivity index (χ3n) is 4.32. The van der Waals surface area contributed by atoms with Crippen LogP contribution in [0.25, 0.3) is 0 Å². The molecule has 0 fully saturated rings. The number of hydrogen-bond donors (Lipinski definition) is 1. The van der Waals surface area contributed by atoms with E-state index in [0.717, 1.165) is 27.8 Å². The molecular weight excluding hydrogens is 302 g/mol. The van der Waals surface area contributed by atoms with E-state index in [9.17, 15) is 9.90 Å². The van der Waals surface area contributed by atoms with Gasteiger partial charge in [-0.15, -0.1) is 0 Å². The number of nitriles is 1. The average Bonchev–Trinajstić information content (AvgIpc) is 2.60. The SMILES string of the molecule is COC(=O)CC(c1ccc(C)c(CO)c1)c1ccc(C#N)cc1C.